The van der Waals surface area contributed by atoms with Gasteiger partial charge in [-0.3, -0.25) is 0 Å². The molecule has 0 radical (unpaired) electrons. The highest BCUT2D eigenvalue weighted by Crippen LogP contribution is 1.77. The molecule has 0 fully saturated rings. The Bertz CT molecular complexity index is 73.7. The number of hydrogen-bond donors (Lipinski definition) is 1. The lowest BCUT2D eigenvalue weighted by molar-refractivity contribution is 0.0752. The summed E-state index contributed by atoms with van der Waals surface area (Å²) in [6.45, 7) is 0.543. The fraction of sp³-hybridized carbons (Fsp3) is 0.750. The first-order chi connectivity index (χ1) is 3.81. The molecule has 0 rings (SSSR count). The van der Waals surface area contributed by atoms with Crippen LogP contribution in [-0.4, -0.2) is 26.4 Å². The maximum Gasteiger partial charge on any atom is 0.508 e. The van der Waals surface area contributed by atoms with Gasteiger partial charge in [-0.15, -0.1) is 0 Å². The van der Waals surface area contributed by atoms with Crippen molar-refractivity contribution < 1.29 is 14.3 Å². The summed E-state index contributed by atoms with van der Waals surface area (Å²) in [5.41, 5.74) is 5.00. The zero-order valence-electron chi connectivity index (χ0n) is 4.72. The van der Waals surface area contributed by atoms with Gasteiger partial charge in [0.25, 0.3) is 0 Å². The van der Waals surface area contributed by atoms with Crippen molar-refractivity contribution in [2.24, 2.45) is 5.73 Å². The van der Waals surface area contributed by atoms with Crippen molar-refractivity contribution in [1.29, 1.82) is 0 Å². The average Bonchev–Trinajstić information content (AvgIpc) is 1.83. The molecular weight excluding hydrogens is 110 g/mol. The molecule has 0 unspecified atom stereocenters. The molecule has 0 aliphatic rings. The Morgan fingerprint density at radius 2 is 2.38 bits per heavy atom. The van der Waals surface area contributed by atoms with Crippen LogP contribution in [0.1, 0.15) is 0 Å². The molecule has 0 aromatic carbocycles. The van der Waals surface area contributed by atoms with Crippen molar-refractivity contribution in [3.63, 3.8) is 0 Å². The molecule has 0 saturated heterocycles. The predicted octanol–water partition coefficient (Wildman–Crippen LogP) is -0.272. The van der Waals surface area contributed by atoms with E-state index in [0.29, 0.717) is 6.54 Å². The minimum atomic E-state index is -0.685. The van der Waals surface area contributed by atoms with E-state index in [0.717, 1.165) is 0 Å². The fourth-order valence-electron chi connectivity index (χ4n) is 0.201. The summed E-state index contributed by atoms with van der Waals surface area (Å²) in [5.74, 6) is 0. The Balaban J connectivity index is 2.99. The van der Waals surface area contributed by atoms with Gasteiger partial charge in [0.05, 0.1) is 7.11 Å². The molecule has 0 saturated carbocycles. The molecule has 0 aromatic heterocycles. The summed E-state index contributed by atoms with van der Waals surface area (Å²) in [5, 5.41) is 0. The monoisotopic (exact) mass is 119 g/mol. The van der Waals surface area contributed by atoms with Crippen LogP contribution in [0.15, 0.2) is 0 Å². The van der Waals surface area contributed by atoms with E-state index in [1.54, 1.807) is 0 Å². The van der Waals surface area contributed by atoms with Gasteiger partial charge in [-0.2, -0.15) is 0 Å². The molecule has 0 atom stereocenters. The number of carbonyl (C=O) groups excluding carboxylic acids is 1. The summed E-state index contributed by atoms with van der Waals surface area (Å²) < 4.78 is 8.49. The summed E-state index contributed by atoms with van der Waals surface area (Å²) in [6, 6.07) is 0. The third-order valence-electron chi connectivity index (χ3n) is 0.504. The molecule has 0 spiro atoms. The molecule has 0 aliphatic heterocycles. The van der Waals surface area contributed by atoms with E-state index in [-0.39, 0.29) is 6.61 Å². The van der Waals surface area contributed by atoms with Gasteiger partial charge in [-0.1, -0.05) is 0 Å². The first kappa shape index (κ1) is 7.23. The Hall–Kier alpha value is -0.770. The Labute approximate surface area is 47.6 Å². The number of carbonyl (C=O) groups is 1. The van der Waals surface area contributed by atoms with Crippen LogP contribution in [0.4, 0.5) is 4.79 Å². The lowest BCUT2D eigenvalue weighted by Gasteiger charge is -1.97. The highest BCUT2D eigenvalue weighted by atomic mass is 16.7. The SMILES string of the molecule is COC(=O)OCCN. The minimum absolute atomic E-state index is 0.215. The molecule has 2 N–H and O–H groups in total. The maximum atomic E-state index is 10.1. The van der Waals surface area contributed by atoms with E-state index in [1.165, 1.54) is 7.11 Å². The average molecular weight is 119 g/mol. The first-order valence-electron chi connectivity index (χ1n) is 2.22. The van der Waals surface area contributed by atoms with Crippen LogP contribution in [0.3, 0.4) is 0 Å². The van der Waals surface area contributed by atoms with Crippen LogP contribution in [-0.2, 0) is 9.47 Å². The zero-order chi connectivity index (χ0) is 6.41. The number of ether oxygens (including phenoxy) is 2. The third kappa shape index (κ3) is 3.42. The Morgan fingerprint density at radius 1 is 1.75 bits per heavy atom. The topological polar surface area (TPSA) is 61.5 Å². The number of hydrogen-bond acceptors (Lipinski definition) is 4. The van der Waals surface area contributed by atoms with Crippen LogP contribution in [0, 0.1) is 0 Å². The van der Waals surface area contributed by atoms with Crippen LogP contribution < -0.4 is 5.73 Å². The van der Waals surface area contributed by atoms with Crippen molar-refractivity contribution in [3.8, 4) is 0 Å². The van der Waals surface area contributed by atoms with Crippen molar-refractivity contribution in [2.45, 2.75) is 0 Å². The van der Waals surface area contributed by atoms with Crippen LogP contribution in [0.2, 0.25) is 0 Å². The second-order valence-electron chi connectivity index (χ2n) is 1.09. The fourth-order valence-corrected chi connectivity index (χ4v) is 0.201. The third-order valence-corrected chi connectivity index (χ3v) is 0.504. The van der Waals surface area contributed by atoms with Crippen LogP contribution in [0.5, 0.6) is 0 Å². The largest absolute Gasteiger partial charge is 0.508 e. The Morgan fingerprint density at radius 3 is 2.75 bits per heavy atom. The second kappa shape index (κ2) is 4.39. The van der Waals surface area contributed by atoms with Crippen molar-refractivity contribution in [3.05, 3.63) is 0 Å². The normalized spacial score (nSPS) is 8.25. The molecule has 4 nitrogen and oxygen atoms in total. The molecule has 0 amide bonds. The van der Waals surface area contributed by atoms with Gasteiger partial charge in [0.15, 0.2) is 0 Å². The lowest BCUT2D eigenvalue weighted by atomic mass is 10.7. The summed E-state index contributed by atoms with van der Waals surface area (Å²) in [4.78, 5) is 10.1. The summed E-state index contributed by atoms with van der Waals surface area (Å²) >= 11 is 0. The van der Waals surface area contributed by atoms with Crippen LogP contribution in [0.25, 0.3) is 0 Å². The summed E-state index contributed by atoms with van der Waals surface area (Å²) in [6.07, 6.45) is -0.685. The minimum Gasteiger partial charge on any atom is -0.438 e. The summed E-state index contributed by atoms with van der Waals surface area (Å²) in [7, 11) is 1.25. The first-order valence-corrected chi connectivity index (χ1v) is 2.22. The predicted molar refractivity (Wildman–Crippen MR) is 27.4 cm³/mol. The van der Waals surface area contributed by atoms with Gasteiger partial charge >= 0.3 is 6.16 Å². The van der Waals surface area contributed by atoms with Gasteiger partial charge in [-0.25, -0.2) is 4.79 Å². The number of methoxy groups -OCH3 is 1. The quantitative estimate of drug-likeness (QED) is 0.508. The van der Waals surface area contributed by atoms with Crippen LogP contribution >= 0.6 is 0 Å². The standard InChI is InChI=1S/C4H9NO3/c1-7-4(6)8-3-2-5/h2-3,5H2,1H3. The van der Waals surface area contributed by atoms with Gasteiger partial charge in [0, 0.05) is 6.54 Å². The highest BCUT2D eigenvalue weighted by molar-refractivity contribution is 5.59. The highest BCUT2D eigenvalue weighted by Gasteiger charge is 1.95. The molecule has 8 heavy (non-hydrogen) atoms. The van der Waals surface area contributed by atoms with Crippen molar-refractivity contribution in [2.75, 3.05) is 20.3 Å². The van der Waals surface area contributed by atoms with Gasteiger partial charge < -0.3 is 15.2 Å². The smallest absolute Gasteiger partial charge is 0.438 e. The van der Waals surface area contributed by atoms with Gasteiger partial charge in [-0.05, 0) is 0 Å². The van der Waals surface area contributed by atoms with E-state index >= 15 is 0 Å². The number of nitrogens with two attached hydrogens (primary N) is 1. The van der Waals surface area contributed by atoms with Crippen molar-refractivity contribution >= 4 is 6.16 Å². The Kier molecular flexibility index (Phi) is 3.97. The number of rotatable bonds is 2. The van der Waals surface area contributed by atoms with E-state index in [9.17, 15) is 4.79 Å². The van der Waals surface area contributed by atoms with Gasteiger partial charge in [0.1, 0.15) is 6.61 Å². The molecular formula is C4H9NO3. The lowest BCUT2D eigenvalue weighted by Crippen LogP contribution is -2.12. The van der Waals surface area contributed by atoms with E-state index in [4.69, 9.17) is 5.73 Å². The second-order valence-corrected chi connectivity index (χ2v) is 1.09. The van der Waals surface area contributed by atoms with Crippen molar-refractivity contribution in [1.82, 2.24) is 0 Å². The molecule has 0 aromatic rings. The van der Waals surface area contributed by atoms with E-state index in [1.807, 2.05) is 0 Å². The molecule has 0 heterocycles. The van der Waals surface area contributed by atoms with E-state index < -0.39 is 6.16 Å². The molecule has 48 valence electrons. The molecule has 0 bridgehead atoms. The zero-order valence-corrected chi connectivity index (χ0v) is 4.72. The molecule has 0 aliphatic carbocycles. The van der Waals surface area contributed by atoms with Gasteiger partial charge in [0.2, 0.25) is 0 Å². The maximum absolute atomic E-state index is 10.1. The molecule has 4 heteroatoms. The van der Waals surface area contributed by atoms with E-state index in [2.05, 4.69) is 9.47 Å².